The van der Waals surface area contributed by atoms with Crippen molar-refractivity contribution in [2.45, 2.75) is 6.42 Å². The molecule has 1 atom stereocenters. The van der Waals surface area contributed by atoms with Crippen molar-refractivity contribution < 1.29 is 24.2 Å². The minimum absolute atomic E-state index is 0.0330. The third-order valence-electron chi connectivity index (χ3n) is 3.67. The first-order chi connectivity index (χ1) is 10.1. The fourth-order valence-electron chi connectivity index (χ4n) is 2.65. The summed E-state index contributed by atoms with van der Waals surface area (Å²) in [5.74, 6) is -1.61. The summed E-state index contributed by atoms with van der Waals surface area (Å²) in [5, 5.41) is 11.8. The van der Waals surface area contributed by atoms with Crippen LogP contribution in [0, 0.1) is 5.92 Å². The van der Waals surface area contributed by atoms with Gasteiger partial charge in [-0.2, -0.15) is 0 Å². The number of fused-ring (bicyclic) bond motifs is 1. The zero-order chi connectivity index (χ0) is 15.0. The summed E-state index contributed by atoms with van der Waals surface area (Å²) in [6, 6.07) is 4.67. The monoisotopic (exact) mass is 290 g/mol. The van der Waals surface area contributed by atoms with Gasteiger partial charge in [-0.3, -0.25) is 9.59 Å². The van der Waals surface area contributed by atoms with Crippen LogP contribution in [-0.2, 0) is 9.59 Å². The summed E-state index contributed by atoms with van der Waals surface area (Å²) in [6.45, 7) is 0.902. The number of ether oxygens (including phenoxy) is 1. The molecule has 0 saturated carbocycles. The normalized spacial score (nSPS) is 20.5. The average molecular weight is 290 g/mol. The summed E-state index contributed by atoms with van der Waals surface area (Å²) in [7, 11) is 0. The van der Waals surface area contributed by atoms with Gasteiger partial charge in [0.2, 0.25) is 11.8 Å². The molecule has 2 amide bonds. The van der Waals surface area contributed by atoms with Crippen molar-refractivity contribution in [1.82, 2.24) is 5.32 Å². The second kappa shape index (κ2) is 5.08. The Kier molecular flexibility index (Phi) is 3.25. The lowest BCUT2D eigenvalue weighted by molar-refractivity contribution is -0.124. The largest absolute Gasteiger partial charge is 0.489 e. The van der Waals surface area contributed by atoms with E-state index in [1.165, 1.54) is 11.0 Å². The van der Waals surface area contributed by atoms with Gasteiger partial charge in [0.05, 0.1) is 18.2 Å². The molecule has 2 aliphatic rings. The van der Waals surface area contributed by atoms with E-state index in [1.807, 2.05) is 0 Å². The lowest BCUT2D eigenvalue weighted by Crippen LogP contribution is -2.42. The topological polar surface area (TPSA) is 95.9 Å². The highest BCUT2D eigenvalue weighted by Gasteiger charge is 2.35. The minimum atomic E-state index is -1.10. The van der Waals surface area contributed by atoms with Crippen molar-refractivity contribution in [2.75, 3.05) is 24.6 Å². The number of carbonyl (C=O) groups excluding carboxylic acids is 2. The van der Waals surface area contributed by atoms with Gasteiger partial charge in [-0.25, -0.2) is 4.79 Å². The molecule has 1 aromatic carbocycles. The van der Waals surface area contributed by atoms with Crippen LogP contribution in [-0.4, -0.2) is 42.6 Å². The third-order valence-corrected chi connectivity index (χ3v) is 3.67. The number of carboxylic acid groups (broad SMARTS) is 1. The molecule has 2 N–H and O–H groups in total. The van der Waals surface area contributed by atoms with Gasteiger partial charge in [-0.15, -0.1) is 0 Å². The molecule has 2 heterocycles. The van der Waals surface area contributed by atoms with Crippen LogP contribution in [0.2, 0.25) is 0 Å². The Balaban J connectivity index is 1.94. The Morgan fingerprint density at radius 2 is 2.19 bits per heavy atom. The maximum atomic E-state index is 12.5. The van der Waals surface area contributed by atoms with Crippen molar-refractivity contribution in [2.24, 2.45) is 5.92 Å². The van der Waals surface area contributed by atoms with E-state index >= 15 is 0 Å². The Morgan fingerprint density at radius 1 is 1.38 bits per heavy atom. The number of benzene rings is 1. The number of carboxylic acids is 1. The second-order valence-electron chi connectivity index (χ2n) is 5.00. The van der Waals surface area contributed by atoms with Crippen molar-refractivity contribution in [1.29, 1.82) is 0 Å². The number of amides is 2. The van der Waals surface area contributed by atoms with Gasteiger partial charge in [-0.1, -0.05) is 6.07 Å². The van der Waals surface area contributed by atoms with E-state index in [2.05, 4.69) is 5.32 Å². The van der Waals surface area contributed by atoms with Crippen LogP contribution in [0.4, 0.5) is 5.69 Å². The molecule has 1 unspecified atom stereocenters. The van der Waals surface area contributed by atoms with Gasteiger partial charge >= 0.3 is 5.97 Å². The van der Waals surface area contributed by atoms with Gasteiger partial charge < -0.3 is 20.1 Å². The quantitative estimate of drug-likeness (QED) is 0.813. The highest BCUT2D eigenvalue weighted by molar-refractivity contribution is 6.02. The molecular formula is C14H14N2O5. The zero-order valence-electron chi connectivity index (χ0n) is 11.2. The van der Waals surface area contributed by atoms with Gasteiger partial charge in [0.15, 0.2) is 5.75 Å². The highest BCUT2D eigenvalue weighted by atomic mass is 16.5. The van der Waals surface area contributed by atoms with Crippen LogP contribution in [0.15, 0.2) is 18.2 Å². The number of hydrogen-bond donors (Lipinski definition) is 2. The number of hydrogen-bond acceptors (Lipinski definition) is 4. The van der Waals surface area contributed by atoms with Gasteiger partial charge in [0.1, 0.15) is 12.2 Å². The van der Waals surface area contributed by atoms with E-state index in [0.29, 0.717) is 18.8 Å². The number of carbonyl (C=O) groups is 3. The number of nitrogens with zero attached hydrogens (tertiary/aromatic N) is 1. The molecule has 0 radical (unpaired) electrons. The molecule has 1 saturated heterocycles. The molecule has 0 bridgehead atoms. The summed E-state index contributed by atoms with van der Waals surface area (Å²) in [5.41, 5.74) is 0.483. The first-order valence-electron chi connectivity index (χ1n) is 6.65. The molecule has 2 aliphatic heterocycles. The predicted octanol–water partition coefficient (Wildman–Crippen LogP) is 0.246. The molecule has 0 aromatic heterocycles. The van der Waals surface area contributed by atoms with Crippen LogP contribution < -0.4 is 15.0 Å². The number of aromatic carboxylic acids is 1. The first-order valence-corrected chi connectivity index (χ1v) is 6.65. The second-order valence-corrected chi connectivity index (χ2v) is 5.00. The first kappa shape index (κ1) is 13.4. The van der Waals surface area contributed by atoms with Crippen LogP contribution in [0.3, 0.4) is 0 Å². The minimum Gasteiger partial charge on any atom is -0.489 e. The molecular weight excluding hydrogens is 276 g/mol. The van der Waals surface area contributed by atoms with E-state index in [0.717, 1.165) is 0 Å². The van der Waals surface area contributed by atoms with Crippen molar-refractivity contribution in [3.8, 4) is 5.75 Å². The SMILES string of the molecule is O=C1CC(C(=O)N2CCOc3c(C(=O)O)cccc32)CN1. The Hall–Kier alpha value is -2.57. The van der Waals surface area contributed by atoms with Gasteiger partial charge in [0.25, 0.3) is 0 Å². The number of anilines is 1. The number of nitrogens with one attached hydrogen (secondary N) is 1. The molecule has 1 aromatic rings. The fourth-order valence-corrected chi connectivity index (χ4v) is 2.65. The summed E-state index contributed by atoms with van der Waals surface area (Å²) >= 11 is 0. The molecule has 3 rings (SSSR count). The zero-order valence-corrected chi connectivity index (χ0v) is 11.2. The Bertz CT molecular complexity index is 628. The van der Waals surface area contributed by atoms with E-state index in [1.54, 1.807) is 12.1 Å². The van der Waals surface area contributed by atoms with E-state index in [4.69, 9.17) is 4.74 Å². The summed E-state index contributed by atoms with van der Waals surface area (Å²) in [6.07, 6.45) is 0.171. The Labute approximate surface area is 120 Å². The molecule has 0 spiro atoms. The van der Waals surface area contributed by atoms with Crippen molar-refractivity contribution in [3.05, 3.63) is 23.8 Å². The predicted molar refractivity (Wildman–Crippen MR) is 72.4 cm³/mol. The third kappa shape index (κ3) is 2.31. The summed E-state index contributed by atoms with van der Waals surface area (Å²) in [4.78, 5) is 36.5. The molecule has 7 heteroatoms. The molecule has 21 heavy (non-hydrogen) atoms. The number of rotatable bonds is 2. The maximum absolute atomic E-state index is 12.5. The van der Waals surface area contributed by atoms with Crippen molar-refractivity contribution in [3.63, 3.8) is 0 Å². The van der Waals surface area contributed by atoms with E-state index < -0.39 is 11.9 Å². The van der Waals surface area contributed by atoms with E-state index in [-0.39, 0.29) is 36.2 Å². The highest BCUT2D eigenvalue weighted by Crippen LogP contribution is 2.36. The Morgan fingerprint density at radius 3 is 2.86 bits per heavy atom. The molecule has 7 nitrogen and oxygen atoms in total. The lowest BCUT2D eigenvalue weighted by atomic mass is 10.0. The standard InChI is InChI=1S/C14H14N2O5/c17-11-6-8(7-15-11)13(18)16-4-5-21-12-9(14(19)20)2-1-3-10(12)16/h1-3,8H,4-7H2,(H,15,17)(H,19,20). The van der Waals surface area contributed by atoms with Crippen LogP contribution in [0.25, 0.3) is 0 Å². The lowest BCUT2D eigenvalue weighted by Gasteiger charge is -2.31. The molecule has 110 valence electrons. The van der Waals surface area contributed by atoms with Crippen LogP contribution in [0.1, 0.15) is 16.8 Å². The fraction of sp³-hybridized carbons (Fsp3) is 0.357. The van der Waals surface area contributed by atoms with Crippen LogP contribution >= 0.6 is 0 Å². The average Bonchev–Trinajstić information content (AvgIpc) is 2.91. The maximum Gasteiger partial charge on any atom is 0.339 e. The van der Waals surface area contributed by atoms with Gasteiger partial charge in [0, 0.05) is 13.0 Å². The van der Waals surface area contributed by atoms with E-state index in [9.17, 15) is 19.5 Å². The number of para-hydroxylation sites is 1. The van der Waals surface area contributed by atoms with Crippen LogP contribution in [0.5, 0.6) is 5.75 Å². The molecule has 1 fully saturated rings. The smallest absolute Gasteiger partial charge is 0.339 e. The van der Waals surface area contributed by atoms with Gasteiger partial charge in [-0.05, 0) is 12.1 Å². The van der Waals surface area contributed by atoms with Crippen molar-refractivity contribution >= 4 is 23.5 Å². The summed E-state index contributed by atoms with van der Waals surface area (Å²) < 4.78 is 5.42. The molecule has 0 aliphatic carbocycles.